The van der Waals surface area contributed by atoms with Crippen LogP contribution in [0, 0.1) is 5.82 Å². The minimum absolute atomic E-state index is 0.197. The number of thiophene rings is 1. The molecule has 1 N–H and O–H groups in total. The molecule has 0 bridgehead atoms. The fourth-order valence-corrected chi connectivity index (χ4v) is 3.44. The quantitative estimate of drug-likeness (QED) is 0.764. The van der Waals surface area contributed by atoms with Crippen molar-refractivity contribution in [2.45, 2.75) is 39.3 Å². The molecule has 124 valence electrons. The summed E-state index contributed by atoms with van der Waals surface area (Å²) in [5.41, 5.74) is 0.892. The van der Waals surface area contributed by atoms with Crippen molar-refractivity contribution in [3.05, 3.63) is 47.1 Å². The summed E-state index contributed by atoms with van der Waals surface area (Å²) in [5, 5.41) is 8.76. The molecule has 0 radical (unpaired) electrons. The fraction of sp³-hybridized carbons (Fsp3) is 0.389. The van der Waals surface area contributed by atoms with E-state index in [1.807, 2.05) is 12.1 Å². The van der Waals surface area contributed by atoms with E-state index in [0.29, 0.717) is 12.5 Å². The average Bonchev–Trinajstić information content (AvgIpc) is 2.94. The van der Waals surface area contributed by atoms with E-state index in [1.54, 1.807) is 23.5 Å². The molecule has 0 aliphatic rings. The summed E-state index contributed by atoms with van der Waals surface area (Å²) in [6.45, 7) is 5.78. The Labute approximate surface area is 140 Å². The van der Waals surface area contributed by atoms with Crippen molar-refractivity contribution in [2.24, 2.45) is 0 Å². The highest BCUT2D eigenvalue weighted by atomic mass is 32.1. The van der Waals surface area contributed by atoms with Crippen LogP contribution < -0.4 is 0 Å². The fourth-order valence-electron chi connectivity index (χ4n) is 2.41. The van der Waals surface area contributed by atoms with Gasteiger partial charge in [-0.1, -0.05) is 12.1 Å². The van der Waals surface area contributed by atoms with Gasteiger partial charge in [-0.25, -0.2) is 4.39 Å². The number of benzene rings is 1. The van der Waals surface area contributed by atoms with Crippen LogP contribution in [0.1, 0.15) is 31.6 Å². The first-order valence-corrected chi connectivity index (χ1v) is 8.58. The van der Waals surface area contributed by atoms with E-state index in [2.05, 4.69) is 24.8 Å². The van der Waals surface area contributed by atoms with Crippen LogP contribution in [0.5, 0.6) is 0 Å². The van der Waals surface area contributed by atoms with Gasteiger partial charge >= 0.3 is 5.97 Å². The van der Waals surface area contributed by atoms with Gasteiger partial charge in [0.05, 0.1) is 0 Å². The van der Waals surface area contributed by atoms with Crippen molar-refractivity contribution in [1.29, 1.82) is 0 Å². The van der Waals surface area contributed by atoms with E-state index in [4.69, 9.17) is 5.11 Å². The highest BCUT2D eigenvalue weighted by Gasteiger charge is 2.13. The largest absolute Gasteiger partial charge is 0.481 e. The van der Waals surface area contributed by atoms with Crippen molar-refractivity contribution in [3.63, 3.8) is 0 Å². The molecule has 0 amide bonds. The van der Waals surface area contributed by atoms with Gasteiger partial charge in [0.2, 0.25) is 0 Å². The number of hydrogen-bond donors (Lipinski definition) is 1. The smallest absolute Gasteiger partial charge is 0.303 e. The van der Waals surface area contributed by atoms with E-state index in [1.165, 1.54) is 10.9 Å². The maximum absolute atomic E-state index is 13.3. The Morgan fingerprint density at radius 2 is 2.09 bits per heavy atom. The standard InChI is InChI=1S/C18H22FNO2S/c1-13(2)20(10-4-7-18(21)22)12-16-8-9-17(23-16)14-5-3-6-15(19)11-14/h3,5-6,8-9,11,13H,4,7,10,12H2,1-2H3,(H,21,22). The number of carboxylic acid groups (broad SMARTS) is 1. The Hall–Kier alpha value is -1.72. The molecule has 3 nitrogen and oxygen atoms in total. The molecular weight excluding hydrogens is 313 g/mol. The third-order valence-corrected chi connectivity index (χ3v) is 4.82. The number of nitrogens with zero attached hydrogens (tertiary/aromatic N) is 1. The summed E-state index contributed by atoms with van der Waals surface area (Å²) >= 11 is 1.66. The van der Waals surface area contributed by atoms with E-state index in [9.17, 15) is 9.18 Å². The van der Waals surface area contributed by atoms with Gasteiger partial charge in [-0.15, -0.1) is 11.3 Å². The van der Waals surface area contributed by atoms with Crippen molar-refractivity contribution < 1.29 is 14.3 Å². The molecule has 2 rings (SSSR count). The zero-order valence-corrected chi connectivity index (χ0v) is 14.3. The van der Waals surface area contributed by atoms with Crippen LogP contribution >= 0.6 is 11.3 Å². The van der Waals surface area contributed by atoms with Crippen molar-refractivity contribution in [3.8, 4) is 10.4 Å². The molecule has 0 saturated carbocycles. The summed E-state index contributed by atoms with van der Waals surface area (Å²) in [7, 11) is 0. The predicted molar refractivity (Wildman–Crippen MR) is 92.1 cm³/mol. The van der Waals surface area contributed by atoms with Gasteiger partial charge in [-0.05, 0) is 56.6 Å². The third-order valence-electron chi connectivity index (χ3n) is 3.70. The van der Waals surface area contributed by atoms with Crippen LogP contribution in [0.3, 0.4) is 0 Å². The molecule has 0 unspecified atom stereocenters. The van der Waals surface area contributed by atoms with Crippen molar-refractivity contribution in [2.75, 3.05) is 6.54 Å². The van der Waals surface area contributed by atoms with E-state index in [0.717, 1.165) is 23.5 Å². The van der Waals surface area contributed by atoms with Gasteiger partial charge < -0.3 is 5.11 Å². The molecule has 2 aromatic rings. The van der Waals surface area contributed by atoms with Crippen LogP contribution in [-0.4, -0.2) is 28.6 Å². The normalized spacial score (nSPS) is 11.3. The second kappa shape index (κ2) is 8.22. The second-order valence-electron chi connectivity index (χ2n) is 5.84. The molecule has 0 atom stereocenters. The lowest BCUT2D eigenvalue weighted by atomic mass is 10.2. The predicted octanol–water partition coefficient (Wildman–Crippen LogP) is 4.63. The van der Waals surface area contributed by atoms with E-state index >= 15 is 0 Å². The molecule has 0 fully saturated rings. The summed E-state index contributed by atoms with van der Waals surface area (Å²) < 4.78 is 13.3. The minimum Gasteiger partial charge on any atom is -0.481 e. The Bertz CT molecular complexity index is 654. The number of hydrogen-bond acceptors (Lipinski definition) is 3. The van der Waals surface area contributed by atoms with E-state index in [-0.39, 0.29) is 12.2 Å². The van der Waals surface area contributed by atoms with Gasteiger partial charge in [0, 0.05) is 28.8 Å². The highest BCUT2D eigenvalue weighted by molar-refractivity contribution is 7.15. The molecule has 0 spiro atoms. The summed E-state index contributed by atoms with van der Waals surface area (Å²) in [5.74, 6) is -0.979. The van der Waals surface area contributed by atoms with Gasteiger partial charge in [0.1, 0.15) is 5.82 Å². The zero-order chi connectivity index (χ0) is 16.8. The topological polar surface area (TPSA) is 40.5 Å². The lowest BCUT2D eigenvalue weighted by Crippen LogP contribution is -2.31. The van der Waals surface area contributed by atoms with Crippen LogP contribution in [0.2, 0.25) is 0 Å². The van der Waals surface area contributed by atoms with Crippen LogP contribution in [0.15, 0.2) is 36.4 Å². The number of halogens is 1. The van der Waals surface area contributed by atoms with Gasteiger partial charge in [-0.3, -0.25) is 9.69 Å². The van der Waals surface area contributed by atoms with Crippen LogP contribution in [0.4, 0.5) is 4.39 Å². The monoisotopic (exact) mass is 335 g/mol. The molecule has 1 heterocycles. The van der Waals surface area contributed by atoms with Crippen LogP contribution in [-0.2, 0) is 11.3 Å². The number of rotatable bonds is 8. The highest BCUT2D eigenvalue weighted by Crippen LogP contribution is 2.29. The Morgan fingerprint density at radius 1 is 1.30 bits per heavy atom. The van der Waals surface area contributed by atoms with Gasteiger partial charge in [-0.2, -0.15) is 0 Å². The third kappa shape index (κ3) is 5.44. The molecule has 5 heteroatoms. The Kier molecular flexibility index (Phi) is 6.30. The lowest BCUT2D eigenvalue weighted by Gasteiger charge is -2.25. The molecule has 0 saturated heterocycles. The summed E-state index contributed by atoms with van der Waals surface area (Å²) in [6.07, 6.45) is 0.845. The molecule has 0 aliphatic heterocycles. The Morgan fingerprint density at radius 3 is 2.74 bits per heavy atom. The molecule has 23 heavy (non-hydrogen) atoms. The number of carbonyl (C=O) groups is 1. The number of carboxylic acids is 1. The average molecular weight is 335 g/mol. The Balaban J connectivity index is 2.02. The molecule has 1 aromatic carbocycles. The maximum Gasteiger partial charge on any atom is 0.303 e. The first-order valence-electron chi connectivity index (χ1n) is 7.76. The van der Waals surface area contributed by atoms with Crippen LogP contribution in [0.25, 0.3) is 10.4 Å². The van der Waals surface area contributed by atoms with Crippen molar-refractivity contribution in [1.82, 2.24) is 4.90 Å². The van der Waals surface area contributed by atoms with Gasteiger partial charge in [0.25, 0.3) is 0 Å². The minimum atomic E-state index is -0.752. The molecule has 1 aromatic heterocycles. The summed E-state index contributed by atoms with van der Waals surface area (Å²) in [4.78, 5) is 15.2. The maximum atomic E-state index is 13.3. The van der Waals surface area contributed by atoms with Crippen molar-refractivity contribution >= 4 is 17.3 Å². The zero-order valence-electron chi connectivity index (χ0n) is 13.5. The lowest BCUT2D eigenvalue weighted by molar-refractivity contribution is -0.137. The van der Waals surface area contributed by atoms with E-state index < -0.39 is 5.97 Å². The summed E-state index contributed by atoms with van der Waals surface area (Å²) in [6, 6.07) is 11.1. The SMILES string of the molecule is CC(C)N(CCCC(=O)O)Cc1ccc(-c2cccc(F)c2)s1. The number of aliphatic carboxylic acids is 1. The second-order valence-corrected chi connectivity index (χ2v) is 7.01. The van der Waals surface area contributed by atoms with Gasteiger partial charge in [0.15, 0.2) is 0 Å². The first-order chi connectivity index (χ1) is 11.0. The molecule has 0 aliphatic carbocycles. The first kappa shape index (κ1) is 17.6. The molecular formula is C18H22FNO2S.